The largest absolute Gasteiger partial charge is 0.356 e. The zero-order valence-electron chi connectivity index (χ0n) is 15.7. The molecule has 0 saturated heterocycles. The van der Waals surface area contributed by atoms with E-state index in [4.69, 9.17) is 0 Å². The summed E-state index contributed by atoms with van der Waals surface area (Å²) < 4.78 is 0. The molecule has 1 amide bonds. The highest BCUT2D eigenvalue weighted by molar-refractivity contribution is 14.0. The first kappa shape index (κ1) is 23.5. The Balaban J connectivity index is 0.00000529. The van der Waals surface area contributed by atoms with Gasteiger partial charge in [0.15, 0.2) is 5.96 Å². The number of hydrogen-bond donors (Lipinski definition) is 3. The van der Waals surface area contributed by atoms with Gasteiger partial charge in [-0.15, -0.1) is 24.0 Å². The first-order valence-corrected chi connectivity index (χ1v) is 9.39. The Labute approximate surface area is 165 Å². The second-order valence-electron chi connectivity index (χ2n) is 6.70. The van der Waals surface area contributed by atoms with Crippen LogP contribution >= 0.6 is 24.0 Å². The molecule has 1 aliphatic rings. The molecular formula is C18H37IN4O. The molecule has 1 saturated carbocycles. The predicted molar refractivity (Wildman–Crippen MR) is 113 cm³/mol. The topological polar surface area (TPSA) is 65.5 Å². The van der Waals surface area contributed by atoms with Crippen LogP contribution in [0.5, 0.6) is 0 Å². The number of nitrogens with one attached hydrogen (secondary N) is 3. The minimum atomic E-state index is 0. The van der Waals surface area contributed by atoms with Crippen molar-refractivity contribution in [1.82, 2.24) is 16.0 Å². The van der Waals surface area contributed by atoms with Gasteiger partial charge in [-0.2, -0.15) is 0 Å². The molecule has 0 aromatic rings. The van der Waals surface area contributed by atoms with E-state index < -0.39 is 0 Å². The van der Waals surface area contributed by atoms with Crippen LogP contribution < -0.4 is 16.0 Å². The van der Waals surface area contributed by atoms with Crippen molar-refractivity contribution in [2.45, 2.75) is 77.7 Å². The van der Waals surface area contributed by atoms with Crippen molar-refractivity contribution in [2.24, 2.45) is 10.9 Å². The van der Waals surface area contributed by atoms with E-state index >= 15 is 0 Å². The van der Waals surface area contributed by atoms with Crippen LogP contribution in [-0.2, 0) is 4.79 Å². The molecule has 142 valence electrons. The Kier molecular flexibility index (Phi) is 14.5. The molecule has 0 heterocycles. The molecule has 6 heteroatoms. The number of carbonyl (C=O) groups excluding carboxylic acids is 1. The molecule has 0 radical (unpaired) electrons. The molecule has 0 aromatic heterocycles. The smallest absolute Gasteiger partial charge is 0.221 e. The summed E-state index contributed by atoms with van der Waals surface area (Å²) >= 11 is 0. The van der Waals surface area contributed by atoms with Crippen molar-refractivity contribution in [2.75, 3.05) is 20.1 Å². The number of unbranched alkanes of at least 4 members (excludes halogenated alkanes) is 1. The summed E-state index contributed by atoms with van der Waals surface area (Å²) in [5.41, 5.74) is 0. The standard InChI is InChI=1S/C18H36N4O.HI/c1-4-15(2)22-17(23)12-14-21-18(19-3)20-13-8-7-11-16-9-5-6-10-16;/h15-16H,4-14H2,1-3H3,(H,22,23)(H2,19,20,21);1H. The van der Waals surface area contributed by atoms with Crippen LogP contribution in [0.4, 0.5) is 0 Å². The van der Waals surface area contributed by atoms with Gasteiger partial charge in [0.25, 0.3) is 0 Å². The Bertz CT molecular complexity index is 357. The van der Waals surface area contributed by atoms with Gasteiger partial charge in [0.1, 0.15) is 0 Å². The van der Waals surface area contributed by atoms with Gasteiger partial charge in [-0.1, -0.05) is 45.4 Å². The number of aliphatic imine (C=N–C) groups is 1. The third-order valence-corrected chi connectivity index (χ3v) is 4.69. The number of amides is 1. The van der Waals surface area contributed by atoms with E-state index in [2.05, 4.69) is 27.9 Å². The second-order valence-corrected chi connectivity index (χ2v) is 6.70. The van der Waals surface area contributed by atoms with Gasteiger partial charge in [-0.05, 0) is 25.7 Å². The maximum Gasteiger partial charge on any atom is 0.221 e. The highest BCUT2D eigenvalue weighted by atomic mass is 127. The molecule has 0 aliphatic heterocycles. The Morgan fingerprint density at radius 2 is 1.83 bits per heavy atom. The van der Waals surface area contributed by atoms with Gasteiger partial charge < -0.3 is 16.0 Å². The fourth-order valence-electron chi connectivity index (χ4n) is 3.03. The van der Waals surface area contributed by atoms with E-state index in [1.54, 1.807) is 7.05 Å². The van der Waals surface area contributed by atoms with E-state index in [1.165, 1.54) is 44.9 Å². The molecule has 0 spiro atoms. The zero-order valence-corrected chi connectivity index (χ0v) is 18.0. The predicted octanol–water partition coefficient (Wildman–Crippen LogP) is 3.43. The molecule has 1 unspecified atom stereocenters. The summed E-state index contributed by atoms with van der Waals surface area (Å²) in [6.07, 6.45) is 11.1. The average molecular weight is 452 g/mol. The van der Waals surface area contributed by atoms with Crippen molar-refractivity contribution in [1.29, 1.82) is 0 Å². The summed E-state index contributed by atoms with van der Waals surface area (Å²) in [5.74, 6) is 1.87. The molecule has 24 heavy (non-hydrogen) atoms. The first-order valence-electron chi connectivity index (χ1n) is 9.39. The highest BCUT2D eigenvalue weighted by Gasteiger charge is 2.13. The first-order chi connectivity index (χ1) is 11.2. The molecule has 0 aromatic carbocycles. The van der Waals surface area contributed by atoms with Crippen LogP contribution in [0.3, 0.4) is 0 Å². The third-order valence-electron chi connectivity index (χ3n) is 4.69. The molecular weight excluding hydrogens is 415 g/mol. The van der Waals surface area contributed by atoms with E-state index in [-0.39, 0.29) is 35.9 Å². The molecule has 1 atom stereocenters. The van der Waals surface area contributed by atoms with Crippen molar-refractivity contribution >= 4 is 35.8 Å². The number of carbonyl (C=O) groups is 1. The molecule has 3 N–H and O–H groups in total. The monoisotopic (exact) mass is 452 g/mol. The maximum absolute atomic E-state index is 11.7. The van der Waals surface area contributed by atoms with Crippen molar-refractivity contribution in [3.63, 3.8) is 0 Å². The van der Waals surface area contributed by atoms with E-state index in [0.29, 0.717) is 13.0 Å². The van der Waals surface area contributed by atoms with Gasteiger partial charge in [0.2, 0.25) is 5.91 Å². The lowest BCUT2D eigenvalue weighted by molar-refractivity contribution is -0.121. The third kappa shape index (κ3) is 11.1. The summed E-state index contributed by atoms with van der Waals surface area (Å²) in [6, 6.07) is 0.250. The second kappa shape index (κ2) is 14.8. The minimum absolute atomic E-state index is 0. The Morgan fingerprint density at radius 1 is 1.17 bits per heavy atom. The van der Waals surface area contributed by atoms with Crippen LogP contribution in [-0.4, -0.2) is 38.0 Å². The van der Waals surface area contributed by atoms with Gasteiger partial charge in [-0.3, -0.25) is 9.79 Å². The molecule has 1 aliphatic carbocycles. The molecule has 1 fully saturated rings. The van der Waals surface area contributed by atoms with Crippen LogP contribution in [0.15, 0.2) is 4.99 Å². The summed E-state index contributed by atoms with van der Waals surface area (Å²) in [5, 5.41) is 9.50. The van der Waals surface area contributed by atoms with Crippen molar-refractivity contribution in [3.8, 4) is 0 Å². The lowest BCUT2D eigenvalue weighted by Crippen LogP contribution is -2.40. The Morgan fingerprint density at radius 3 is 2.46 bits per heavy atom. The summed E-state index contributed by atoms with van der Waals surface area (Å²) in [6.45, 7) is 5.66. The fourth-order valence-corrected chi connectivity index (χ4v) is 3.03. The molecule has 1 rings (SSSR count). The van der Waals surface area contributed by atoms with Gasteiger partial charge in [-0.25, -0.2) is 0 Å². The lowest BCUT2D eigenvalue weighted by atomic mass is 10.0. The normalized spacial score (nSPS) is 16.4. The molecule has 5 nitrogen and oxygen atoms in total. The fraction of sp³-hybridized carbons (Fsp3) is 0.889. The quantitative estimate of drug-likeness (QED) is 0.206. The number of nitrogens with zero attached hydrogens (tertiary/aromatic N) is 1. The molecule has 0 bridgehead atoms. The Hall–Kier alpha value is -0.530. The number of rotatable bonds is 10. The average Bonchev–Trinajstić information content (AvgIpc) is 3.06. The summed E-state index contributed by atoms with van der Waals surface area (Å²) in [7, 11) is 1.77. The van der Waals surface area contributed by atoms with E-state index in [0.717, 1.165) is 24.8 Å². The SMILES string of the molecule is CCC(C)NC(=O)CCNC(=NC)NCCCCC1CCCC1.I. The van der Waals surface area contributed by atoms with Crippen molar-refractivity contribution in [3.05, 3.63) is 0 Å². The maximum atomic E-state index is 11.7. The highest BCUT2D eigenvalue weighted by Crippen LogP contribution is 2.28. The minimum Gasteiger partial charge on any atom is -0.356 e. The van der Waals surface area contributed by atoms with E-state index in [9.17, 15) is 4.79 Å². The number of guanidine groups is 1. The van der Waals surface area contributed by atoms with Crippen molar-refractivity contribution < 1.29 is 4.79 Å². The lowest BCUT2D eigenvalue weighted by Gasteiger charge is -2.14. The van der Waals surface area contributed by atoms with Gasteiger partial charge in [0, 0.05) is 32.6 Å². The van der Waals surface area contributed by atoms with Gasteiger partial charge >= 0.3 is 0 Å². The van der Waals surface area contributed by atoms with Gasteiger partial charge in [0.05, 0.1) is 0 Å². The van der Waals surface area contributed by atoms with Crippen LogP contribution in [0.2, 0.25) is 0 Å². The van der Waals surface area contributed by atoms with Crippen LogP contribution in [0.1, 0.15) is 71.6 Å². The van der Waals surface area contributed by atoms with E-state index in [1.807, 2.05) is 6.92 Å². The zero-order chi connectivity index (χ0) is 16.9. The van der Waals surface area contributed by atoms with Crippen LogP contribution in [0, 0.1) is 5.92 Å². The summed E-state index contributed by atoms with van der Waals surface area (Å²) in [4.78, 5) is 15.9. The van der Waals surface area contributed by atoms with Crippen LogP contribution in [0.25, 0.3) is 0 Å². The number of hydrogen-bond acceptors (Lipinski definition) is 2. The number of halogens is 1.